The Morgan fingerprint density at radius 2 is 2.14 bits per heavy atom. The SMILES string of the molecule is C[C@@H]1CC[I-][C@@H]1C. The van der Waals surface area contributed by atoms with Crippen molar-refractivity contribution in [2.45, 2.75) is 24.2 Å². The predicted octanol–water partition coefficient (Wildman–Crippen LogP) is -1.50. The Kier molecular flexibility index (Phi) is 1.95. The number of hydrogen-bond acceptors (Lipinski definition) is 0. The molecule has 0 aliphatic carbocycles. The zero-order valence-electron chi connectivity index (χ0n) is 4.95. The van der Waals surface area contributed by atoms with Crippen LogP contribution >= 0.6 is 0 Å². The average molecular weight is 211 g/mol. The maximum atomic E-state index is 2.41. The molecule has 0 bridgehead atoms. The number of alkyl halides is 2. The van der Waals surface area contributed by atoms with Gasteiger partial charge in [0.15, 0.2) is 0 Å². The average Bonchev–Trinajstić information content (AvgIpc) is 1.91. The third-order valence-electron chi connectivity index (χ3n) is 1.70. The van der Waals surface area contributed by atoms with E-state index in [1.54, 1.807) is 4.43 Å². The molecule has 2 atom stereocenters. The molecule has 0 spiro atoms. The Morgan fingerprint density at radius 3 is 2.29 bits per heavy atom. The van der Waals surface area contributed by atoms with Gasteiger partial charge in [-0.3, -0.25) is 0 Å². The molecule has 1 aliphatic heterocycles. The fraction of sp³-hybridized carbons (Fsp3) is 1.00. The third-order valence-corrected chi connectivity index (χ3v) is 5.56. The minimum absolute atomic E-state index is 0.639. The van der Waals surface area contributed by atoms with Crippen molar-refractivity contribution in [3.8, 4) is 0 Å². The monoisotopic (exact) mass is 211 g/mol. The van der Waals surface area contributed by atoms with Crippen LogP contribution in [0, 0.1) is 5.92 Å². The van der Waals surface area contributed by atoms with Crippen LogP contribution in [0.3, 0.4) is 0 Å². The van der Waals surface area contributed by atoms with Crippen molar-refractivity contribution in [3.63, 3.8) is 0 Å². The van der Waals surface area contributed by atoms with Crippen LogP contribution in [-0.4, -0.2) is 8.35 Å². The van der Waals surface area contributed by atoms with Crippen molar-refractivity contribution < 1.29 is 21.2 Å². The number of hydrogen-bond donors (Lipinski definition) is 0. The van der Waals surface area contributed by atoms with Gasteiger partial charge in [0.1, 0.15) is 0 Å². The van der Waals surface area contributed by atoms with Gasteiger partial charge in [-0.05, 0) is 0 Å². The first-order chi connectivity index (χ1) is 3.30. The molecule has 0 aromatic rings. The first-order valence-corrected chi connectivity index (χ1v) is 5.65. The van der Waals surface area contributed by atoms with Gasteiger partial charge in [0.2, 0.25) is 0 Å². The molecule has 0 N–H and O–H groups in total. The molecule has 0 nitrogen and oxygen atoms in total. The molecule has 44 valence electrons. The first-order valence-electron chi connectivity index (χ1n) is 2.88. The van der Waals surface area contributed by atoms with Gasteiger partial charge < -0.3 is 0 Å². The van der Waals surface area contributed by atoms with E-state index in [9.17, 15) is 0 Å². The van der Waals surface area contributed by atoms with Gasteiger partial charge in [-0.15, -0.1) is 0 Å². The Bertz CT molecular complexity index is 53.2. The summed E-state index contributed by atoms with van der Waals surface area (Å²) in [5.74, 6) is 1.06. The second-order valence-electron chi connectivity index (χ2n) is 2.29. The van der Waals surface area contributed by atoms with Gasteiger partial charge in [0.05, 0.1) is 0 Å². The van der Waals surface area contributed by atoms with E-state index >= 15 is 0 Å². The van der Waals surface area contributed by atoms with Gasteiger partial charge in [-0.2, -0.15) is 0 Å². The maximum absolute atomic E-state index is 2.41. The molecule has 7 heavy (non-hydrogen) atoms. The summed E-state index contributed by atoms with van der Waals surface area (Å²) in [5, 5.41) is 0. The third kappa shape index (κ3) is 1.31. The van der Waals surface area contributed by atoms with E-state index < -0.39 is 0 Å². The molecule has 1 heteroatoms. The van der Waals surface area contributed by atoms with E-state index in [0.29, 0.717) is 21.2 Å². The summed E-state index contributed by atoms with van der Waals surface area (Å²) < 4.78 is 2.71. The molecule has 0 aromatic heterocycles. The summed E-state index contributed by atoms with van der Waals surface area (Å²) in [4.78, 5) is 0. The summed E-state index contributed by atoms with van der Waals surface area (Å²) >= 11 is 0.639. The van der Waals surface area contributed by atoms with Crippen LogP contribution in [-0.2, 0) is 0 Å². The van der Waals surface area contributed by atoms with Gasteiger partial charge in [-0.25, -0.2) is 0 Å². The molecule has 0 radical (unpaired) electrons. The molecule has 1 saturated heterocycles. The van der Waals surface area contributed by atoms with E-state index in [4.69, 9.17) is 0 Å². The number of rotatable bonds is 0. The molecule has 1 heterocycles. The fourth-order valence-corrected chi connectivity index (χ4v) is 4.34. The Balaban J connectivity index is 2.33. The predicted molar refractivity (Wildman–Crippen MR) is 28.1 cm³/mol. The molecule has 0 aromatic carbocycles. The van der Waals surface area contributed by atoms with Crippen molar-refractivity contribution in [1.82, 2.24) is 0 Å². The van der Waals surface area contributed by atoms with Crippen LogP contribution in [0.4, 0.5) is 0 Å². The van der Waals surface area contributed by atoms with Crippen molar-refractivity contribution in [3.05, 3.63) is 0 Å². The fourth-order valence-electron chi connectivity index (χ4n) is 0.789. The first kappa shape index (κ1) is 5.86. The molecule has 1 rings (SSSR count). The van der Waals surface area contributed by atoms with Crippen LogP contribution in [0.25, 0.3) is 0 Å². The molecule has 1 aliphatic rings. The Labute approximate surface area is 55.9 Å². The molecule has 0 saturated carbocycles. The molecule has 1 fully saturated rings. The van der Waals surface area contributed by atoms with E-state index in [1.807, 2.05) is 0 Å². The van der Waals surface area contributed by atoms with Crippen molar-refractivity contribution >= 4 is 0 Å². The standard InChI is InChI=1S/C6H12I/c1-5-3-4-7-6(5)2/h5-6H,3-4H2,1-2H3/q-1/t5-,6-/m1/s1. The van der Waals surface area contributed by atoms with Crippen molar-refractivity contribution in [1.29, 1.82) is 0 Å². The quantitative estimate of drug-likeness (QED) is 0.338. The molecular weight excluding hydrogens is 199 g/mol. The van der Waals surface area contributed by atoms with E-state index in [0.717, 1.165) is 9.84 Å². The van der Waals surface area contributed by atoms with Gasteiger partial charge >= 0.3 is 55.7 Å². The van der Waals surface area contributed by atoms with Crippen molar-refractivity contribution in [2.75, 3.05) is 4.43 Å². The summed E-state index contributed by atoms with van der Waals surface area (Å²) in [6.07, 6.45) is 1.52. The number of halogens is 1. The minimum atomic E-state index is 0.639. The second kappa shape index (κ2) is 2.33. The van der Waals surface area contributed by atoms with Crippen LogP contribution in [0.1, 0.15) is 20.3 Å². The summed E-state index contributed by atoms with van der Waals surface area (Å²) in [6, 6.07) is 0. The van der Waals surface area contributed by atoms with Gasteiger partial charge in [0, 0.05) is 0 Å². The van der Waals surface area contributed by atoms with Crippen LogP contribution < -0.4 is 21.2 Å². The van der Waals surface area contributed by atoms with Crippen LogP contribution in [0.2, 0.25) is 0 Å². The van der Waals surface area contributed by atoms with E-state index in [2.05, 4.69) is 13.8 Å². The molecule has 0 amide bonds. The van der Waals surface area contributed by atoms with Crippen LogP contribution in [0.5, 0.6) is 0 Å². The summed E-state index contributed by atoms with van der Waals surface area (Å²) in [7, 11) is 0. The topological polar surface area (TPSA) is 0 Å². The second-order valence-corrected chi connectivity index (χ2v) is 6.21. The Hall–Kier alpha value is 0.730. The summed E-state index contributed by atoms with van der Waals surface area (Å²) in [5.41, 5.74) is 0. The normalized spacial score (nSPS) is 43.1. The Morgan fingerprint density at radius 1 is 1.43 bits per heavy atom. The molecular formula is C6H12I-. The van der Waals surface area contributed by atoms with Gasteiger partial charge in [0.25, 0.3) is 0 Å². The zero-order valence-corrected chi connectivity index (χ0v) is 7.10. The van der Waals surface area contributed by atoms with Crippen LogP contribution in [0.15, 0.2) is 0 Å². The van der Waals surface area contributed by atoms with Crippen molar-refractivity contribution in [2.24, 2.45) is 5.92 Å². The molecule has 0 unspecified atom stereocenters. The van der Waals surface area contributed by atoms with E-state index in [-0.39, 0.29) is 0 Å². The summed E-state index contributed by atoms with van der Waals surface area (Å²) in [6.45, 7) is 4.79. The zero-order chi connectivity index (χ0) is 5.28. The van der Waals surface area contributed by atoms with Gasteiger partial charge in [-0.1, -0.05) is 0 Å². The van der Waals surface area contributed by atoms with E-state index in [1.165, 1.54) is 6.42 Å².